The third-order valence-electron chi connectivity index (χ3n) is 3.22. The lowest BCUT2D eigenvalue weighted by atomic mass is 9.85. The Balaban J connectivity index is 2.41. The van der Waals surface area contributed by atoms with Gasteiger partial charge in [0.25, 0.3) is 0 Å². The Bertz CT molecular complexity index is 279. The fourth-order valence-corrected chi connectivity index (χ4v) is 1.51. The molecule has 0 radical (unpaired) electrons. The van der Waals surface area contributed by atoms with E-state index in [1.54, 1.807) is 14.0 Å². The predicted molar refractivity (Wildman–Crippen MR) is 56.0 cm³/mol. The lowest BCUT2D eigenvalue weighted by molar-refractivity contribution is -0.130. The summed E-state index contributed by atoms with van der Waals surface area (Å²) in [5.41, 5.74) is -0.891. The first-order valence-electron chi connectivity index (χ1n) is 5.30. The monoisotopic (exact) mass is 210 g/mol. The molecule has 0 aromatic carbocycles. The molecule has 1 fully saturated rings. The molecular formula is C11H18N2O2. The van der Waals surface area contributed by atoms with Crippen molar-refractivity contribution in [2.45, 2.75) is 45.3 Å². The average Bonchev–Trinajstić information content (AvgIpc) is 2.21. The zero-order valence-corrected chi connectivity index (χ0v) is 9.54. The van der Waals surface area contributed by atoms with E-state index in [4.69, 9.17) is 10.00 Å². The Hall–Kier alpha value is -1.08. The lowest BCUT2D eigenvalue weighted by Crippen LogP contribution is -2.51. The molecule has 1 amide bonds. The van der Waals surface area contributed by atoms with Crippen LogP contribution in [0.4, 0.5) is 0 Å². The Morgan fingerprint density at radius 2 is 2.27 bits per heavy atom. The SMILES string of the molecule is CCC(C)(C#N)C(=O)NC1CC(OC)C1. The van der Waals surface area contributed by atoms with Gasteiger partial charge < -0.3 is 10.1 Å². The molecule has 0 bridgehead atoms. The summed E-state index contributed by atoms with van der Waals surface area (Å²) in [4.78, 5) is 11.8. The second-order valence-electron chi connectivity index (χ2n) is 4.30. The number of hydrogen-bond donors (Lipinski definition) is 1. The third-order valence-corrected chi connectivity index (χ3v) is 3.22. The summed E-state index contributed by atoms with van der Waals surface area (Å²) in [5.74, 6) is -0.160. The number of ether oxygens (including phenoxy) is 1. The van der Waals surface area contributed by atoms with Crippen molar-refractivity contribution >= 4 is 5.91 Å². The number of methoxy groups -OCH3 is 1. The maximum atomic E-state index is 11.8. The van der Waals surface area contributed by atoms with Gasteiger partial charge in [-0.2, -0.15) is 5.26 Å². The molecule has 1 saturated carbocycles. The molecule has 84 valence electrons. The molecule has 0 aliphatic heterocycles. The first-order chi connectivity index (χ1) is 7.05. The van der Waals surface area contributed by atoms with Gasteiger partial charge >= 0.3 is 0 Å². The molecule has 1 aliphatic rings. The number of nitriles is 1. The average molecular weight is 210 g/mol. The van der Waals surface area contributed by atoms with Crippen molar-refractivity contribution in [2.75, 3.05) is 7.11 Å². The van der Waals surface area contributed by atoms with Crippen molar-refractivity contribution < 1.29 is 9.53 Å². The van der Waals surface area contributed by atoms with Gasteiger partial charge in [0.05, 0.1) is 12.2 Å². The highest BCUT2D eigenvalue weighted by atomic mass is 16.5. The van der Waals surface area contributed by atoms with E-state index in [1.165, 1.54) is 0 Å². The van der Waals surface area contributed by atoms with Crippen LogP contribution in [0.1, 0.15) is 33.1 Å². The Labute approximate surface area is 90.6 Å². The standard InChI is InChI=1S/C11H18N2O2/c1-4-11(2,7-12)10(14)13-8-5-9(6-8)15-3/h8-9H,4-6H2,1-3H3,(H,13,14). The van der Waals surface area contributed by atoms with Crippen molar-refractivity contribution in [2.24, 2.45) is 5.41 Å². The van der Waals surface area contributed by atoms with Gasteiger partial charge in [-0.25, -0.2) is 0 Å². The van der Waals surface area contributed by atoms with Crippen molar-refractivity contribution in [3.63, 3.8) is 0 Å². The van der Waals surface area contributed by atoms with E-state index in [0.717, 1.165) is 12.8 Å². The molecule has 0 saturated heterocycles. The second kappa shape index (κ2) is 4.63. The number of hydrogen-bond acceptors (Lipinski definition) is 3. The van der Waals surface area contributed by atoms with Gasteiger partial charge in [0.15, 0.2) is 0 Å². The third kappa shape index (κ3) is 2.48. The molecular weight excluding hydrogens is 192 g/mol. The topological polar surface area (TPSA) is 62.1 Å². The smallest absolute Gasteiger partial charge is 0.240 e. The Morgan fingerprint density at radius 1 is 1.67 bits per heavy atom. The van der Waals surface area contributed by atoms with Crippen molar-refractivity contribution in [1.29, 1.82) is 5.26 Å². The summed E-state index contributed by atoms with van der Waals surface area (Å²) in [5, 5.41) is 11.8. The fraction of sp³-hybridized carbons (Fsp3) is 0.818. The zero-order chi connectivity index (χ0) is 11.5. The first kappa shape index (κ1) is 12.0. The summed E-state index contributed by atoms with van der Waals surface area (Å²) < 4.78 is 5.12. The minimum atomic E-state index is -0.891. The van der Waals surface area contributed by atoms with E-state index < -0.39 is 5.41 Å². The number of nitrogens with zero attached hydrogens (tertiary/aromatic N) is 1. The highest BCUT2D eigenvalue weighted by Crippen LogP contribution is 2.25. The zero-order valence-electron chi connectivity index (χ0n) is 9.54. The largest absolute Gasteiger partial charge is 0.381 e. The predicted octanol–water partition coefficient (Wildman–Crippen LogP) is 1.22. The molecule has 1 atom stereocenters. The fourth-order valence-electron chi connectivity index (χ4n) is 1.51. The molecule has 4 heteroatoms. The van der Waals surface area contributed by atoms with Crippen LogP contribution in [0.25, 0.3) is 0 Å². The van der Waals surface area contributed by atoms with Crippen LogP contribution in [-0.4, -0.2) is 25.2 Å². The highest BCUT2D eigenvalue weighted by molar-refractivity contribution is 5.85. The van der Waals surface area contributed by atoms with Crippen LogP contribution < -0.4 is 5.32 Å². The van der Waals surface area contributed by atoms with Gasteiger partial charge in [0.1, 0.15) is 5.41 Å². The van der Waals surface area contributed by atoms with Gasteiger partial charge in [-0.1, -0.05) is 6.92 Å². The van der Waals surface area contributed by atoms with E-state index in [2.05, 4.69) is 11.4 Å². The molecule has 0 heterocycles. The quantitative estimate of drug-likeness (QED) is 0.758. The number of amides is 1. The van der Waals surface area contributed by atoms with Crippen molar-refractivity contribution in [3.05, 3.63) is 0 Å². The number of carbonyl (C=O) groups is 1. The van der Waals surface area contributed by atoms with Gasteiger partial charge in [-0.05, 0) is 26.2 Å². The molecule has 0 spiro atoms. The summed E-state index contributed by atoms with van der Waals surface area (Å²) in [7, 11) is 1.67. The number of rotatable bonds is 4. The van der Waals surface area contributed by atoms with Gasteiger partial charge in [-0.15, -0.1) is 0 Å². The summed E-state index contributed by atoms with van der Waals surface area (Å²) >= 11 is 0. The first-order valence-corrected chi connectivity index (χ1v) is 5.30. The van der Waals surface area contributed by atoms with Gasteiger partial charge in [0.2, 0.25) is 5.91 Å². The molecule has 1 N–H and O–H groups in total. The van der Waals surface area contributed by atoms with Gasteiger partial charge in [0, 0.05) is 13.2 Å². The molecule has 1 unspecified atom stereocenters. The van der Waals surface area contributed by atoms with Crippen molar-refractivity contribution in [1.82, 2.24) is 5.32 Å². The molecule has 0 aromatic heterocycles. The van der Waals surface area contributed by atoms with E-state index in [1.807, 2.05) is 6.92 Å². The Morgan fingerprint density at radius 3 is 2.67 bits per heavy atom. The molecule has 4 nitrogen and oxygen atoms in total. The van der Waals surface area contributed by atoms with Crippen LogP contribution in [0.3, 0.4) is 0 Å². The van der Waals surface area contributed by atoms with E-state index in [0.29, 0.717) is 6.42 Å². The van der Waals surface area contributed by atoms with Crippen LogP contribution >= 0.6 is 0 Å². The van der Waals surface area contributed by atoms with E-state index in [9.17, 15) is 4.79 Å². The maximum absolute atomic E-state index is 11.8. The van der Waals surface area contributed by atoms with Crippen LogP contribution in [0.15, 0.2) is 0 Å². The molecule has 1 rings (SSSR count). The number of carbonyl (C=O) groups excluding carboxylic acids is 1. The van der Waals surface area contributed by atoms with Gasteiger partial charge in [-0.3, -0.25) is 4.79 Å². The summed E-state index contributed by atoms with van der Waals surface area (Å²) in [6.07, 6.45) is 2.52. The minimum absolute atomic E-state index is 0.160. The Kier molecular flexibility index (Phi) is 3.70. The highest BCUT2D eigenvalue weighted by Gasteiger charge is 2.36. The van der Waals surface area contributed by atoms with Crippen LogP contribution in [0.5, 0.6) is 0 Å². The second-order valence-corrected chi connectivity index (χ2v) is 4.30. The normalized spacial score (nSPS) is 28.4. The van der Waals surface area contributed by atoms with E-state index >= 15 is 0 Å². The summed E-state index contributed by atoms with van der Waals surface area (Å²) in [6.45, 7) is 3.52. The van der Waals surface area contributed by atoms with Crippen LogP contribution in [0, 0.1) is 16.7 Å². The van der Waals surface area contributed by atoms with E-state index in [-0.39, 0.29) is 18.1 Å². The lowest BCUT2D eigenvalue weighted by Gasteiger charge is -2.36. The maximum Gasteiger partial charge on any atom is 0.240 e. The van der Waals surface area contributed by atoms with Crippen LogP contribution in [0.2, 0.25) is 0 Å². The van der Waals surface area contributed by atoms with Crippen molar-refractivity contribution in [3.8, 4) is 6.07 Å². The van der Waals surface area contributed by atoms with Crippen LogP contribution in [-0.2, 0) is 9.53 Å². The summed E-state index contributed by atoms with van der Waals surface area (Å²) in [6, 6.07) is 2.25. The molecule has 0 aromatic rings. The molecule has 1 aliphatic carbocycles. The molecule has 15 heavy (non-hydrogen) atoms. The number of nitrogens with one attached hydrogen (secondary N) is 1. The minimum Gasteiger partial charge on any atom is -0.381 e.